The van der Waals surface area contributed by atoms with E-state index in [1.54, 1.807) is 14.2 Å². The standard InChI is InChI=1S/C21H22N4O3S/c1-13-17(12-22)29-21-19(13)20(25-6-8-28-9-7-25)23-18(24-21)11-14-4-5-15(26-2)16(10-14)27-3/h4-5,10H,6-9,11H2,1-3H3. The second kappa shape index (κ2) is 8.23. The Morgan fingerprint density at radius 2 is 1.93 bits per heavy atom. The molecule has 8 heteroatoms. The van der Waals surface area contributed by atoms with E-state index in [1.807, 2.05) is 25.1 Å². The van der Waals surface area contributed by atoms with Crippen molar-refractivity contribution in [3.05, 3.63) is 40.0 Å². The van der Waals surface area contributed by atoms with Crippen molar-refractivity contribution in [1.29, 1.82) is 5.26 Å². The first kappa shape index (κ1) is 19.4. The molecule has 150 valence electrons. The zero-order valence-electron chi connectivity index (χ0n) is 16.7. The summed E-state index contributed by atoms with van der Waals surface area (Å²) in [6, 6.07) is 8.11. The summed E-state index contributed by atoms with van der Waals surface area (Å²) in [7, 11) is 3.24. The van der Waals surface area contributed by atoms with Crippen LogP contribution in [0.5, 0.6) is 11.5 Å². The Labute approximate surface area is 173 Å². The van der Waals surface area contributed by atoms with E-state index in [0.29, 0.717) is 36.0 Å². The van der Waals surface area contributed by atoms with Crippen LogP contribution in [0, 0.1) is 18.3 Å². The molecule has 2 aromatic heterocycles. The van der Waals surface area contributed by atoms with E-state index in [-0.39, 0.29) is 0 Å². The second-order valence-electron chi connectivity index (χ2n) is 6.78. The van der Waals surface area contributed by atoms with Crippen molar-refractivity contribution in [3.8, 4) is 17.6 Å². The largest absolute Gasteiger partial charge is 0.493 e. The Bertz CT molecular complexity index is 1080. The summed E-state index contributed by atoms with van der Waals surface area (Å²) in [5.74, 6) is 2.98. The maximum Gasteiger partial charge on any atom is 0.161 e. The van der Waals surface area contributed by atoms with Crippen molar-refractivity contribution in [2.45, 2.75) is 13.3 Å². The van der Waals surface area contributed by atoms with Gasteiger partial charge in [-0.3, -0.25) is 0 Å². The maximum atomic E-state index is 9.49. The van der Waals surface area contributed by atoms with Crippen molar-refractivity contribution in [2.24, 2.45) is 0 Å². The van der Waals surface area contributed by atoms with E-state index in [1.165, 1.54) is 11.3 Å². The molecule has 0 bridgehead atoms. The zero-order valence-corrected chi connectivity index (χ0v) is 17.5. The van der Waals surface area contributed by atoms with Gasteiger partial charge in [-0.05, 0) is 30.2 Å². The van der Waals surface area contributed by atoms with Crippen LogP contribution in [-0.4, -0.2) is 50.5 Å². The summed E-state index contributed by atoms with van der Waals surface area (Å²) < 4.78 is 16.2. The molecule has 1 aliphatic rings. The highest BCUT2D eigenvalue weighted by molar-refractivity contribution is 7.19. The van der Waals surface area contributed by atoms with Gasteiger partial charge in [0, 0.05) is 19.5 Å². The molecule has 1 aliphatic heterocycles. The molecule has 1 saturated heterocycles. The summed E-state index contributed by atoms with van der Waals surface area (Å²) in [4.78, 5) is 13.5. The predicted octanol–water partition coefficient (Wildman–Crippen LogP) is 3.32. The van der Waals surface area contributed by atoms with Crippen molar-refractivity contribution in [3.63, 3.8) is 0 Å². The van der Waals surface area contributed by atoms with Crippen molar-refractivity contribution in [2.75, 3.05) is 45.4 Å². The van der Waals surface area contributed by atoms with E-state index in [0.717, 1.165) is 46.1 Å². The van der Waals surface area contributed by atoms with E-state index < -0.39 is 0 Å². The number of methoxy groups -OCH3 is 2. The highest BCUT2D eigenvalue weighted by Crippen LogP contribution is 2.36. The lowest BCUT2D eigenvalue weighted by Gasteiger charge is -2.28. The van der Waals surface area contributed by atoms with Gasteiger partial charge in [0.1, 0.15) is 27.4 Å². The van der Waals surface area contributed by atoms with Gasteiger partial charge in [-0.2, -0.15) is 5.26 Å². The van der Waals surface area contributed by atoms with Crippen LogP contribution >= 0.6 is 11.3 Å². The fraction of sp³-hybridized carbons (Fsp3) is 0.381. The number of thiophene rings is 1. The maximum absolute atomic E-state index is 9.49. The SMILES string of the molecule is COc1ccc(Cc2nc(N3CCOCC3)c3c(C)c(C#N)sc3n2)cc1OC. The van der Waals surface area contributed by atoms with Crippen LogP contribution in [0.4, 0.5) is 5.82 Å². The Morgan fingerprint density at radius 3 is 2.62 bits per heavy atom. The smallest absolute Gasteiger partial charge is 0.161 e. The Balaban J connectivity index is 1.78. The van der Waals surface area contributed by atoms with Gasteiger partial charge in [-0.15, -0.1) is 11.3 Å². The molecule has 3 heterocycles. The summed E-state index contributed by atoms with van der Waals surface area (Å²) in [6.45, 7) is 4.87. The first-order valence-corrected chi connectivity index (χ1v) is 10.2. The minimum Gasteiger partial charge on any atom is -0.493 e. The van der Waals surface area contributed by atoms with Crippen LogP contribution in [0.2, 0.25) is 0 Å². The highest BCUT2D eigenvalue weighted by atomic mass is 32.1. The van der Waals surface area contributed by atoms with Crippen LogP contribution < -0.4 is 14.4 Å². The number of aromatic nitrogens is 2. The lowest BCUT2D eigenvalue weighted by Crippen LogP contribution is -2.37. The average molecular weight is 410 g/mol. The monoisotopic (exact) mass is 410 g/mol. The van der Waals surface area contributed by atoms with Gasteiger partial charge in [0.2, 0.25) is 0 Å². The lowest BCUT2D eigenvalue weighted by molar-refractivity contribution is 0.122. The van der Waals surface area contributed by atoms with E-state index in [2.05, 4.69) is 11.0 Å². The average Bonchev–Trinajstić information content (AvgIpc) is 3.09. The molecular weight excluding hydrogens is 388 g/mol. The van der Waals surface area contributed by atoms with Crippen LogP contribution in [0.25, 0.3) is 10.2 Å². The minimum absolute atomic E-state index is 0.562. The summed E-state index contributed by atoms with van der Waals surface area (Å²) in [5, 5.41) is 10.5. The fourth-order valence-electron chi connectivity index (χ4n) is 3.52. The third-order valence-corrected chi connectivity index (χ3v) is 6.13. The van der Waals surface area contributed by atoms with Gasteiger partial charge in [0.05, 0.1) is 32.8 Å². The minimum atomic E-state index is 0.562. The number of aryl methyl sites for hydroxylation is 1. The Morgan fingerprint density at radius 1 is 1.17 bits per heavy atom. The van der Waals surface area contributed by atoms with Gasteiger partial charge in [0.25, 0.3) is 0 Å². The molecule has 0 radical (unpaired) electrons. The third-order valence-electron chi connectivity index (χ3n) is 5.04. The first-order chi connectivity index (χ1) is 14.1. The van der Waals surface area contributed by atoms with Crippen LogP contribution in [0.3, 0.4) is 0 Å². The molecule has 1 fully saturated rings. The quantitative estimate of drug-likeness (QED) is 0.638. The number of nitrogens with zero attached hydrogens (tertiary/aromatic N) is 4. The van der Waals surface area contributed by atoms with E-state index in [9.17, 15) is 5.26 Å². The molecule has 1 aromatic carbocycles. The highest BCUT2D eigenvalue weighted by Gasteiger charge is 2.22. The zero-order chi connectivity index (χ0) is 20.4. The number of hydrogen-bond donors (Lipinski definition) is 0. The van der Waals surface area contributed by atoms with E-state index >= 15 is 0 Å². The second-order valence-corrected chi connectivity index (χ2v) is 7.78. The number of rotatable bonds is 5. The Hall–Kier alpha value is -2.89. The number of benzene rings is 1. The molecule has 0 saturated carbocycles. The molecule has 29 heavy (non-hydrogen) atoms. The van der Waals surface area contributed by atoms with Gasteiger partial charge in [0.15, 0.2) is 11.5 Å². The summed E-state index contributed by atoms with van der Waals surface area (Å²) in [6.07, 6.45) is 0.562. The molecule has 0 amide bonds. The van der Waals surface area contributed by atoms with Gasteiger partial charge >= 0.3 is 0 Å². The van der Waals surface area contributed by atoms with Gasteiger partial charge in [-0.25, -0.2) is 9.97 Å². The molecule has 0 aliphatic carbocycles. The molecule has 0 atom stereocenters. The number of anilines is 1. The molecule has 0 spiro atoms. The van der Waals surface area contributed by atoms with Gasteiger partial charge < -0.3 is 19.1 Å². The third kappa shape index (κ3) is 3.71. The summed E-state index contributed by atoms with van der Waals surface area (Å²) >= 11 is 1.43. The normalized spacial score (nSPS) is 14.1. The predicted molar refractivity (Wildman–Crippen MR) is 112 cm³/mol. The Kier molecular flexibility index (Phi) is 5.51. The molecule has 7 nitrogen and oxygen atoms in total. The van der Waals surface area contributed by atoms with Gasteiger partial charge in [-0.1, -0.05) is 6.07 Å². The number of ether oxygens (including phenoxy) is 3. The number of fused-ring (bicyclic) bond motifs is 1. The number of morpholine rings is 1. The van der Waals surface area contributed by atoms with Crippen LogP contribution in [0.15, 0.2) is 18.2 Å². The van der Waals surface area contributed by atoms with Crippen molar-refractivity contribution >= 4 is 27.4 Å². The van der Waals surface area contributed by atoms with Crippen LogP contribution in [-0.2, 0) is 11.2 Å². The van der Waals surface area contributed by atoms with Crippen molar-refractivity contribution < 1.29 is 14.2 Å². The van der Waals surface area contributed by atoms with Crippen molar-refractivity contribution in [1.82, 2.24) is 9.97 Å². The molecule has 0 N–H and O–H groups in total. The fourth-order valence-corrected chi connectivity index (χ4v) is 4.52. The molecule has 0 unspecified atom stereocenters. The molecule has 3 aromatic rings. The van der Waals surface area contributed by atoms with Crippen LogP contribution in [0.1, 0.15) is 21.8 Å². The van der Waals surface area contributed by atoms with E-state index in [4.69, 9.17) is 24.2 Å². The number of nitriles is 1. The first-order valence-electron chi connectivity index (χ1n) is 9.38. The molecule has 4 rings (SSSR count). The molecular formula is C21H22N4O3S. The summed E-state index contributed by atoms with van der Waals surface area (Å²) in [5.41, 5.74) is 1.98. The lowest BCUT2D eigenvalue weighted by atomic mass is 10.1. The topological polar surface area (TPSA) is 80.5 Å². The number of hydrogen-bond acceptors (Lipinski definition) is 8.